The van der Waals surface area contributed by atoms with Crippen molar-refractivity contribution < 1.29 is 4.42 Å². The molecule has 0 amide bonds. The van der Waals surface area contributed by atoms with Crippen LogP contribution < -0.4 is 5.73 Å². The molecule has 2 N–H and O–H groups in total. The van der Waals surface area contributed by atoms with Gasteiger partial charge in [-0.25, -0.2) is 0 Å². The summed E-state index contributed by atoms with van der Waals surface area (Å²) in [6.07, 6.45) is 0. The van der Waals surface area contributed by atoms with E-state index in [4.69, 9.17) is 21.8 Å². The Labute approximate surface area is 117 Å². The Hall–Kier alpha value is -0.900. The Balaban J connectivity index is 2.02. The molecule has 1 aromatic heterocycles. The third kappa shape index (κ3) is 3.31. The summed E-state index contributed by atoms with van der Waals surface area (Å²) >= 11 is 7.89. The molecule has 1 heterocycles. The molecule has 2 nitrogen and oxygen atoms in total. The second-order valence-corrected chi connectivity index (χ2v) is 5.67. The molecule has 0 saturated heterocycles. The zero-order valence-corrected chi connectivity index (χ0v) is 11.8. The van der Waals surface area contributed by atoms with Crippen LogP contribution in [-0.4, -0.2) is 6.54 Å². The lowest BCUT2D eigenvalue weighted by Gasteiger charge is -2.12. The third-order valence-corrected chi connectivity index (χ3v) is 4.36. The Bertz CT molecular complexity index is 512. The first-order valence-corrected chi connectivity index (χ1v) is 7.25. The van der Waals surface area contributed by atoms with Crippen molar-refractivity contribution in [1.82, 2.24) is 0 Å². The molecule has 0 aliphatic rings. The lowest BCUT2D eigenvalue weighted by atomic mass is 10.2. The zero-order chi connectivity index (χ0) is 13.0. The first kappa shape index (κ1) is 13.5. The van der Waals surface area contributed by atoms with E-state index in [2.05, 4.69) is 0 Å². The number of aryl methyl sites for hydroxylation is 1. The predicted octanol–water partition coefficient (Wildman–Crippen LogP) is 4.17. The maximum absolute atomic E-state index is 6.13. The van der Waals surface area contributed by atoms with Gasteiger partial charge in [0.15, 0.2) is 0 Å². The summed E-state index contributed by atoms with van der Waals surface area (Å²) in [6, 6.07) is 11.8. The van der Waals surface area contributed by atoms with E-state index in [1.54, 1.807) is 11.8 Å². The predicted molar refractivity (Wildman–Crippen MR) is 78.0 cm³/mol. The summed E-state index contributed by atoms with van der Waals surface area (Å²) in [6.45, 7) is 2.50. The van der Waals surface area contributed by atoms with Crippen molar-refractivity contribution in [3.05, 3.63) is 58.5 Å². The summed E-state index contributed by atoms with van der Waals surface area (Å²) in [5.41, 5.74) is 6.93. The molecule has 0 saturated carbocycles. The van der Waals surface area contributed by atoms with Crippen LogP contribution in [-0.2, 0) is 5.75 Å². The van der Waals surface area contributed by atoms with Crippen LogP contribution in [0.1, 0.15) is 22.3 Å². The first-order chi connectivity index (χ1) is 8.70. The number of halogens is 1. The summed E-state index contributed by atoms with van der Waals surface area (Å²) < 4.78 is 5.62. The molecule has 1 aromatic carbocycles. The molecule has 4 heteroatoms. The number of nitrogens with two attached hydrogens (primary N) is 1. The quantitative estimate of drug-likeness (QED) is 0.894. The molecule has 18 heavy (non-hydrogen) atoms. The van der Waals surface area contributed by atoms with E-state index in [1.165, 1.54) is 0 Å². The van der Waals surface area contributed by atoms with E-state index in [0.29, 0.717) is 6.54 Å². The number of thioether (sulfide) groups is 1. The minimum Gasteiger partial charge on any atom is -0.465 e. The summed E-state index contributed by atoms with van der Waals surface area (Å²) in [5, 5.41) is 0.978. The normalized spacial score (nSPS) is 12.6. The largest absolute Gasteiger partial charge is 0.465 e. The van der Waals surface area contributed by atoms with Gasteiger partial charge in [0.05, 0.1) is 5.25 Å². The van der Waals surface area contributed by atoms with Crippen LogP contribution in [0.25, 0.3) is 0 Å². The molecule has 1 atom stereocenters. The van der Waals surface area contributed by atoms with Crippen LogP contribution in [0.5, 0.6) is 0 Å². The Kier molecular flexibility index (Phi) is 4.75. The van der Waals surface area contributed by atoms with Crippen molar-refractivity contribution in [2.45, 2.75) is 17.9 Å². The Morgan fingerprint density at radius 2 is 2.06 bits per heavy atom. The van der Waals surface area contributed by atoms with Crippen LogP contribution >= 0.6 is 23.4 Å². The highest BCUT2D eigenvalue weighted by atomic mass is 35.5. The van der Waals surface area contributed by atoms with Gasteiger partial charge >= 0.3 is 0 Å². The Morgan fingerprint density at radius 3 is 2.67 bits per heavy atom. The second kappa shape index (κ2) is 6.32. The molecule has 0 radical (unpaired) electrons. The molecule has 0 aliphatic carbocycles. The second-order valence-electron chi connectivity index (χ2n) is 4.08. The molecule has 0 spiro atoms. The lowest BCUT2D eigenvalue weighted by molar-refractivity contribution is 0.481. The highest BCUT2D eigenvalue weighted by Crippen LogP contribution is 2.33. The maximum Gasteiger partial charge on any atom is 0.118 e. The summed E-state index contributed by atoms with van der Waals surface area (Å²) in [7, 11) is 0. The van der Waals surface area contributed by atoms with Gasteiger partial charge in [-0.05, 0) is 30.7 Å². The summed E-state index contributed by atoms with van der Waals surface area (Å²) in [5.74, 6) is 2.69. The van der Waals surface area contributed by atoms with Gasteiger partial charge in [0.2, 0.25) is 0 Å². The smallest absolute Gasteiger partial charge is 0.118 e. The number of rotatable bonds is 5. The number of benzene rings is 1. The Morgan fingerprint density at radius 1 is 1.28 bits per heavy atom. The van der Waals surface area contributed by atoms with Crippen molar-refractivity contribution in [3.63, 3.8) is 0 Å². The molecule has 1 unspecified atom stereocenters. The van der Waals surface area contributed by atoms with Gasteiger partial charge in [0.25, 0.3) is 0 Å². The molecule has 2 aromatic rings. The fraction of sp³-hybridized carbons (Fsp3) is 0.286. The van der Waals surface area contributed by atoms with Gasteiger partial charge in [-0.1, -0.05) is 29.8 Å². The van der Waals surface area contributed by atoms with Crippen molar-refractivity contribution in [2.75, 3.05) is 6.54 Å². The number of hydrogen-bond acceptors (Lipinski definition) is 3. The monoisotopic (exact) mass is 281 g/mol. The van der Waals surface area contributed by atoms with Gasteiger partial charge in [-0.3, -0.25) is 0 Å². The third-order valence-electron chi connectivity index (χ3n) is 2.69. The molecule has 96 valence electrons. The highest BCUT2D eigenvalue weighted by molar-refractivity contribution is 7.98. The average molecular weight is 282 g/mol. The topological polar surface area (TPSA) is 39.2 Å². The van der Waals surface area contributed by atoms with E-state index in [9.17, 15) is 0 Å². The minimum absolute atomic E-state index is 0.176. The molecule has 0 bridgehead atoms. The van der Waals surface area contributed by atoms with Gasteiger partial charge < -0.3 is 10.2 Å². The maximum atomic E-state index is 6.13. The van der Waals surface area contributed by atoms with E-state index >= 15 is 0 Å². The summed E-state index contributed by atoms with van der Waals surface area (Å²) in [4.78, 5) is 0. The zero-order valence-electron chi connectivity index (χ0n) is 10.2. The van der Waals surface area contributed by atoms with Crippen LogP contribution in [0, 0.1) is 6.92 Å². The van der Waals surface area contributed by atoms with E-state index < -0.39 is 0 Å². The van der Waals surface area contributed by atoms with Crippen molar-refractivity contribution in [3.8, 4) is 0 Å². The van der Waals surface area contributed by atoms with Crippen molar-refractivity contribution in [1.29, 1.82) is 0 Å². The van der Waals surface area contributed by atoms with E-state index in [0.717, 1.165) is 27.9 Å². The van der Waals surface area contributed by atoms with Gasteiger partial charge in [-0.2, -0.15) is 0 Å². The van der Waals surface area contributed by atoms with E-state index in [1.807, 2.05) is 43.3 Å². The van der Waals surface area contributed by atoms with Crippen LogP contribution in [0.2, 0.25) is 5.02 Å². The molecular weight excluding hydrogens is 266 g/mol. The minimum atomic E-state index is 0.176. The number of furan rings is 1. The average Bonchev–Trinajstić information content (AvgIpc) is 2.79. The molecule has 0 fully saturated rings. The number of hydrogen-bond donors (Lipinski definition) is 1. The molecule has 0 aliphatic heterocycles. The highest BCUT2D eigenvalue weighted by Gasteiger charge is 2.14. The van der Waals surface area contributed by atoms with Gasteiger partial charge in [-0.15, -0.1) is 11.8 Å². The molecule has 2 rings (SSSR count). The van der Waals surface area contributed by atoms with Gasteiger partial charge in [0, 0.05) is 17.3 Å². The van der Waals surface area contributed by atoms with E-state index in [-0.39, 0.29) is 5.25 Å². The first-order valence-electron chi connectivity index (χ1n) is 5.82. The van der Waals surface area contributed by atoms with Gasteiger partial charge in [0.1, 0.15) is 11.5 Å². The standard InChI is InChI=1S/C14H16ClNOS/c1-10-6-7-13(17-10)14(8-16)18-9-11-4-2-3-5-12(11)15/h2-7,14H,8-9,16H2,1H3. The fourth-order valence-corrected chi connectivity index (χ4v) is 3.04. The van der Waals surface area contributed by atoms with Crippen LogP contribution in [0.3, 0.4) is 0 Å². The SMILES string of the molecule is Cc1ccc(C(CN)SCc2ccccc2Cl)o1. The lowest BCUT2D eigenvalue weighted by Crippen LogP contribution is -2.08. The van der Waals surface area contributed by atoms with Crippen LogP contribution in [0.15, 0.2) is 40.8 Å². The van der Waals surface area contributed by atoms with Crippen molar-refractivity contribution >= 4 is 23.4 Å². The van der Waals surface area contributed by atoms with Crippen molar-refractivity contribution in [2.24, 2.45) is 5.73 Å². The fourth-order valence-electron chi connectivity index (χ4n) is 1.70. The molecular formula is C14H16ClNOS. The van der Waals surface area contributed by atoms with Crippen LogP contribution in [0.4, 0.5) is 0 Å².